The van der Waals surface area contributed by atoms with E-state index in [1.807, 2.05) is 0 Å². The summed E-state index contributed by atoms with van der Waals surface area (Å²) >= 11 is 0. The zero-order valence-electron chi connectivity index (χ0n) is 3.52. The molecule has 0 bridgehead atoms. The second-order valence-electron chi connectivity index (χ2n) is 0. The molecule has 0 aliphatic rings. The maximum absolute atomic E-state index is 0. The minimum Gasteiger partial charge on any atom is 0 e. The van der Waals surface area contributed by atoms with Crippen molar-refractivity contribution in [3.8, 4) is 0 Å². The number of rotatable bonds is 0. The van der Waals surface area contributed by atoms with Crippen molar-refractivity contribution in [1.29, 1.82) is 0 Å². The van der Waals surface area contributed by atoms with E-state index in [1.165, 1.54) is 0 Å². The van der Waals surface area contributed by atoms with Crippen LogP contribution in [0.3, 0.4) is 0 Å². The minimum absolute atomic E-state index is 0. The molecule has 0 atom stereocenters. The molecule has 0 amide bonds. The van der Waals surface area contributed by atoms with Crippen molar-refractivity contribution < 1.29 is 45.0 Å². The van der Waals surface area contributed by atoms with Crippen molar-refractivity contribution in [2.24, 2.45) is 0 Å². The molecule has 0 aliphatic carbocycles. The van der Waals surface area contributed by atoms with Crippen LogP contribution in [0.5, 0.6) is 0 Å². The fraction of sp³-hybridized carbons (Fsp3) is 0. The summed E-state index contributed by atoms with van der Waals surface area (Å²) in [5, 5.41) is 0. The molecule has 0 saturated carbocycles. The van der Waals surface area contributed by atoms with Crippen LogP contribution in [0, 0.1) is 0 Å². The Labute approximate surface area is 92.3 Å². The van der Waals surface area contributed by atoms with Crippen molar-refractivity contribution in [1.82, 2.24) is 0 Å². The van der Waals surface area contributed by atoms with Crippen molar-refractivity contribution in [2.45, 2.75) is 0 Å². The zero-order valence-corrected chi connectivity index (χ0v) is 7.88. The van der Waals surface area contributed by atoms with Gasteiger partial charge in [0.25, 0.3) is 0 Å². The van der Waals surface area contributed by atoms with E-state index in [-0.39, 0.29) is 93.9 Å². The van der Waals surface area contributed by atoms with Crippen LogP contribution in [0.2, 0.25) is 0 Å². The van der Waals surface area contributed by atoms with Crippen molar-refractivity contribution >= 4 is 48.9 Å². The van der Waals surface area contributed by atoms with E-state index in [4.69, 9.17) is 0 Å². The van der Waals surface area contributed by atoms with Gasteiger partial charge in [-0.3, -0.25) is 0 Å². The van der Waals surface area contributed by atoms with Crippen LogP contribution in [-0.4, -0.2) is 48.9 Å². The second kappa shape index (κ2) is 16.6. The summed E-state index contributed by atoms with van der Waals surface area (Å²) in [6, 6.07) is 0. The van der Waals surface area contributed by atoms with E-state index in [1.54, 1.807) is 0 Å². The van der Waals surface area contributed by atoms with Gasteiger partial charge in [-0.1, -0.05) is 0 Å². The van der Waals surface area contributed by atoms with Gasteiger partial charge in [-0.2, -0.15) is 0 Å². The van der Waals surface area contributed by atoms with Gasteiger partial charge in [0.2, 0.25) is 0 Å². The summed E-state index contributed by atoms with van der Waals surface area (Å²) in [4.78, 5) is 0. The molecule has 0 saturated heterocycles. The van der Waals surface area contributed by atoms with Gasteiger partial charge in [0.05, 0.1) is 0 Å². The monoisotopic (exact) mass is 426 g/mol. The molecule has 0 aliphatic heterocycles. The molecule has 0 spiro atoms. The van der Waals surface area contributed by atoms with Gasteiger partial charge in [-0.15, -0.1) is 0 Å². The summed E-state index contributed by atoms with van der Waals surface area (Å²) in [7, 11) is 0. The predicted molar refractivity (Wildman–Crippen MR) is 17.9 cm³/mol. The van der Waals surface area contributed by atoms with Gasteiger partial charge in [-0.25, -0.2) is 0 Å². The average Bonchev–Trinajstić information content (AvgIpc) is 0. The molecule has 0 aromatic rings. The molecule has 0 aromatic carbocycles. The average molecular weight is 424 g/mol. The molecular weight excluding hydrogens is 419 g/mol. The molecule has 4 heavy (non-hydrogen) atoms. The fourth-order valence-corrected chi connectivity index (χ4v) is 0. The molecule has 4 heteroatoms. The quantitative estimate of drug-likeness (QED) is 0.423. The Bertz CT molecular complexity index is 13.5. The summed E-state index contributed by atoms with van der Waals surface area (Å²) in [5.41, 5.74) is 0. The van der Waals surface area contributed by atoms with Gasteiger partial charge < -0.3 is 2.85 Å². The summed E-state index contributed by atoms with van der Waals surface area (Å²) in [5.74, 6) is 0. The molecular formula is H5InMgMoW. The SMILES string of the molecule is [H-].[H-].[InH3].[Mg+2].[Mo].[W]. The Balaban J connectivity index is 0. The standard InChI is InChI=1S/In.Mg.Mo.W.5H/q;+2;;;;;;2*-1. The summed E-state index contributed by atoms with van der Waals surface area (Å²) in [6.07, 6.45) is 0. The Morgan fingerprint density at radius 2 is 1.25 bits per heavy atom. The first-order valence-electron chi connectivity index (χ1n) is 0. The van der Waals surface area contributed by atoms with E-state index in [2.05, 4.69) is 0 Å². The molecule has 0 heterocycles. The molecule has 0 radical (unpaired) electrons. The summed E-state index contributed by atoms with van der Waals surface area (Å²) in [6.45, 7) is 0. The fourth-order valence-electron chi connectivity index (χ4n) is 0. The van der Waals surface area contributed by atoms with Gasteiger partial charge >= 0.3 is 48.9 Å². The van der Waals surface area contributed by atoms with E-state index in [9.17, 15) is 0 Å². The smallest absolute Gasteiger partial charge is 0 e. The first kappa shape index (κ1) is 27.9. The van der Waals surface area contributed by atoms with E-state index < -0.39 is 0 Å². The molecule has 0 rings (SSSR count). The van der Waals surface area contributed by atoms with Crippen LogP contribution in [0.25, 0.3) is 0 Å². The third kappa shape index (κ3) is 8.89. The maximum Gasteiger partial charge on any atom is 2.00 e. The molecule has 0 aromatic heterocycles. The number of hydrogen-bond acceptors (Lipinski definition) is 0. The molecule has 0 unspecified atom stereocenters. The molecule has 0 N–H and O–H groups in total. The zero-order chi connectivity index (χ0) is 0. The maximum atomic E-state index is 0. The first-order valence-corrected chi connectivity index (χ1v) is 0. The van der Waals surface area contributed by atoms with Crippen LogP contribution in [0.4, 0.5) is 0 Å². The normalized spacial score (nSPS) is 0. The van der Waals surface area contributed by atoms with Crippen molar-refractivity contribution in [3.63, 3.8) is 0 Å². The number of hydrogen-bond donors (Lipinski definition) is 0. The van der Waals surface area contributed by atoms with E-state index in [0.29, 0.717) is 0 Å². The van der Waals surface area contributed by atoms with Gasteiger partial charge in [0.15, 0.2) is 0 Å². The van der Waals surface area contributed by atoms with Crippen LogP contribution >= 0.6 is 0 Å². The Morgan fingerprint density at radius 3 is 1.25 bits per heavy atom. The topological polar surface area (TPSA) is 0 Å². The van der Waals surface area contributed by atoms with Crippen LogP contribution in [-0.2, 0) is 42.1 Å². The first-order chi connectivity index (χ1) is 0. The van der Waals surface area contributed by atoms with Crippen LogP contribution < -0.4 is 0 Å². The van der Waals surface area contributed by atoms with Gasteiger partial charge in [0, 0.05) is 42.1 Å². The van der Waals surface area contributed by atoms with Gasteiger partial charge in [-0.05, 0) is 0 Å². The Morgan fingerprint density at radius 1 is 1.25 bits per heavy atom. The van der Waals surface area contributed by atoms with Crippen molar-refractivity contribution in [2.75, 3.05) is 0 Å². The predicted octanol–water partition coefficient (Wildman–Crippen LogP) is -1.34. The van der Waals surface area contributed by atoms with Gasteiger partial charge in [0.1, 0.15) is 0 Å². The third-order valence-corrected chi connectivity index (χ3v) is 0. The Hall–Kier alpha value is 3.01. The molecule has 22 valence electrons. The molecule has 0 fully saturated rings. The largest absolute Gasteiger partial charge is 2.00 e. The van der Waals surface area contributed by atoms with Crippen molar-refractivity contribution in [3.05, 3.63) is 0 Å². The minimum atomic E-state index is 0. The third-order valence-electron chi connectivity index (χ3n) is 0. The second-order valence-corrected chi connectivity index (χ2v) is 0. The van der Waals surface area contributed by atoms with Crippen LogP contribution in [0.1, 0.15) is 2.85 Å². The van der Waals surface area contributed by atoms with E-state index in [0.717, 1.165) is 0 Å². The summed E-state index contributed by atoms with van der Waals surface area (Å²) < 4.78 is 0. The van der Waals surface area contributed by atoms with E-state index >= 15 is 0 Å². The Kier molecular flexibility index (Phi) is 116. The molecule has 0 nitrogen and oxygen atoms in total. The van der Waals surface area contributed by atoms with Crippen LogP contribution in [0.15, 0.2) is 0 Å².